The molecule has 0 saturated heterocycles. The standard InChI is InChI=1S/3Cr.K.Na.6H2O.6O.2H/h;;;;;6*1H2;;;;;;;;/q3*+2;;;;;;;;;;;;;;;;/p-6. The summed E-state index contributed by atoms with van der Waals surface area (Å²) in [7, 11) is 0. The van der Waals surface area contributed by atoms with Gasteiger partial charge in [0.15, 0.2) is 0 Å². The second kappa shape index (κ2) is 13.8. The first-order chi connectivity index (χ1) is 6.00. The molecule has 6 N–H and O–H groups in total. The molecule has 0 amide bonds. The van der Waals surface area contributed by atoms with Crippen molar-refractivity contribution in [1.29, 1.82) is 0 Å². The third-order valence-corrected chi connectivity index (χ3v) is 0. The Morgan fingerprint density at radius 3 is 0.471 bits per heavy atom. The Morgan fingerprint density at radius 2 is 0.471 bits per heavy atom. The van der Waals surface area contributed by atoms with E-state index in [1.54, 1.807) is 0 Å². The van der Waals surface area contributed by atoms with Gasteiger partial charge in [0.1, 0.15) is 0 Å². The van der Waals surface area contributed by atoms with Crippen molar-refractivity contribution in [2.45, 2.75) is 0 Å². The molecule has 0 aliphatic carbocycles. The van der Waals surface area contributed by atoms with Crippen LogP contribution in [0.3, 0.4) is 0 Å². The molecule has 0 aromatic carbocycles. The van der Waals surface area contributed by atoms with Crippen LogP contribution in [0.15, 0.2) is 0 Å². The summed E-state index contributed by atoms with van der Waals surface area (Å²) in [5, 5.41) is 0. The first-order valence-corrected chi connectivity index (χ1v) is 8.64. The molecule has 12 nitrogen and oxygen atoms in total. The van der Waals surface area contributed by atoms with E-state index < -0.39 is 40.8 Å². The van der Waals surface area contributed by atoms with E-state index in [-0.39, 0.29) is 80.9 Å². The molecule has 0 atom stereocenters. The summed E-state index contributed by atoms with van der Waals surface area (Å²) in [5.74, 6) is 0. The van der Waals surface area contributed by atoms with E-state index in [0.717, 1.165) is 0 Å². The topological polar surface area (TPSA) is 224 Å². The number of hydrogen-bond donors (Lipinski definition) is 6. The van der Waals surface area contributed by atoms with Crippen LogP contribution in [-0.4, -0.2) is 106 Å². The Hall–Kier alpha value is 2.79. The molecular weight excluding hydrogens is 410 g/mol. The fourth-order valence-electron chi connectivity index (χ4n) is 0. The van der Waals surface area contributed by atoms with E-state index in [0.29, 0.717) is 0 Å². The van der Waals surface area contributed by atoms with Gasteiger partial charge in [-0.1, -0.05) is 0 Å². The third-order valence-electron chi connectivity index (χ3n) is 0. The van der Waals surface area contributed by atoms with Crippen LogP contribution in [0.2, 0.25) is 0 Å². The zero-order chi connectivity index (χ0) is 13.5. The molecule has 17 heavy (non-hydrogen) atoms. The van der Waals surface area contributed by atoms with Crippen LogP contribution in [0.5, 0.6) is 0 Å². The van der Waals surface area contributed by atoms with Crippen LogP contribution < -0.4 is 0 Å². The van der Waals surface area contributed by atoms with Gasteiger partial charge in [0.2, 0.25) is 0 Å². The molecule has 0 heterocycles. The van der Waals surface area contributed by atoms with Crippen LogP contribution in [0.1, 0.15) is 0 Å². The maximum atomic E-state index is 8.82. The Bertz CT molecular complexity index is 343. The molecule has 0 bridgehead atoms. The van der Waals surface area contributed by atoms with Crippen LogP contribution in [0, 0.1) is 0 Å². The molecule has 0 rings (SSSR count). The summed E-state index contributed by atoms with van der Waals surface area (Å²) in [6.45, 7) is 0. The number of rotatable bonds is 0. The Morgan fingerprint density at radius 1 is 0.471 bits per heavy atom. The molecule has 0 aliphatic heterocycles. The second-order valence-corrected chi connectivity index (χ2v) is 5.54. The minimum absolute atomic E-state index is 0. The van der Waals surface area contributed by atoms with Gasteiger partial charge in [-0.25, -0.2) is 0 Å². The van der Waals surface area contributed by atoms with Gasteiger partial charge in [-0.05, 0) is 0 Å². The quantitative estimate of drug-likeness (QED) is 0.203. The average Bonchev–Trinajstić information content (AvgIpc) is 1.41. The van der Waals surface area contributed by atoms with Gasteiger partial charge < -0.3 is 0 Å². The molecule has 0 aromatic heterocycles. The van der Waals surface area contributed by atoms with E-state index in [9.17, 15) is 0 Å². The van der Waals surface area contributed by atoms with Gasteiger partial charge in [-0.2, -0.15) is 0 Å². The summed E-state index contributed by atoms with van der Waals surface area (Å²) < 4.78 is 95.6. The van der Waals surface area contributed by atoms with Crippen molar-refractivity contribution in [2.24, 2.45) is 0 Å². The van der Waals surface area contributed by atoms with Crippen molar-refractivity contribution in [2.75, 3.05) is 0 Å². The Balaban J connectivity index is -0.0000000400. The van der Waals surface area contributed by atoms with Gasteiger partial charge in [-0.3, -0.25) is 0 Å². The van der Waals surface area contributed by atoms with Crippen molar-refractivity contribution in [1.82, 2.24) is 0 Å². The van der Waals surface area contributed by atoms with Crippen LogP contribution >= 0.6 is 0 Å². The molecule has 100 valence electrons. The van der Waals surface area contributed by atoms with Crippen LogP contribution in [-0.2, 0) is 63.7 Å². The fourth-order valence-corrected chi connectivity index (χ4v) is 0. The summed E-state index contributed by atoms with van der Waals surface area (Å²) in [6, 6.07) is 0. The molecule has 0 spiro atoms. The summed E-state index contributed by atoms with van der Waals surface area (Å²) >= 11 is -15.8. The molecule has 0 aromatic rings. The van der Waals surface area contributed by atoms with Crippen molar-refractivity contribution in [3.05, 3.63) is 0 Å². The van der Waals surface area contributed by atoms with E-state index >= 15 is 0 Å². The van der Waals surface area contributed by atoms with E-state index in [1.807, 2.05) is 0 Å². The molecular formula is H8Cr3KNaO12. The van der Waals surface area contributed by atoms with E-state index in [1.165, 1.54) is 0 Å². The van der Waals surface area contributed by atoms with E-state index in [4.69, 9.17) is 47.8 Å². The van der Waals surface area contributed by atoms with Crippen molar-refractivity contribution in [3.8, 4) is 0 Å². The fraction of sp³-hybridized carbons (Fsp3) is 0. The summed E-state index contributed by atoms with van der Waals surface area (Å²) in [4.78, 5) is 0. The van der Waals surface area contributed by atoms with E-state index in [2.05, 4.69) is 0 Å². The summed E-state index contributed by atoms with van der Waals surface area (Å²) in [5.41, 5.74) is 0. The zero-order valence-electron chi connectivity index (χ0n) is 6.36. The van der Waals surface area contributed by atoms with Crippen molar-refractivity contribution >= 4 is 80.9 Å². The first kappa shape index (κ1) is 31.9. The average molecular weight is 418 g/mol. The zero-order valence-corrected chi connectivity index (χ0v) is 10.2. The SMILES string of the molecule is [KH].[NaH].[O]=[Cr](=[O])([OH])[OH].[O]=[Cr](=[O])([OH])[OH].[O]=[Cr](=[O])([OH])[OH]. The maximum absolute atomic E-state index is 8.82. The van der Waals surface area contributed by atoms with Crippen molar-refractivity contribution < 1.29 is 88.6 Å². The first-order valence-electron chi connectivity index (χ1n) is 2.10. The van der Waals surface area contributed by atoms with Gasteiger partial charge in [0, 0.05) is 0 Å². The van der Waals surface area contributed by atoms with Crippen molar-refractivity contribution in [3.63, 3.8) is 0 Å². The molecule has 0 radical (unpaired) electrons. The van der Waals surface area contributed by atoms with Crippen LogP contribution in [0.25, 0.3) is 0 Å². The van der Waals surface area contributed by atoms with Crippen LogP contribution in [0.4, 0.5) is 0 Å². The molecule has 0 unspecified atom stereocenters. The minimum atomic E-state index is -5.25. The Labute approximate surface area is 166 Å². The second-order valence-electron chi connectivity index (χ2n) is 1.34. The molecule has 17 heteroatoms. The molecule has 0 saturated carbocycles. The predicted octanol–water partition coefficient (Wildman–Crippen LogP) is -5.36. The van der Waals surface area contributed by atoms with Gasteiger partial charge in [0.25, 0.3) is 0 Å². The van der Waals surface area contributed by atoms with Gasteiger partial charge in [-0.15, -0.1) is 0 Å². The number of hydrogen-bond acceptors (Lipinski definition) is 6. The third kappa shape index (κ3) is 679. The van der Waals surface area contributed by atoms with Gasteiger partial charge in [0.05, 0.1) is 0 Å². The molecule has 0 fully saturated rings. The summed E-state index contributed by atoms with van der Waals surface area (Å²) in [6.07, 6.45) is 0. The Kier molecular flexibility index (Phi) is 25.9. The van der Waals surface area contributed by atoms with Gasteiger partial charge >= 0.3 is 170 Å². The monoisotopic (exact) mass is 418 g/mol. The molecule has 0 aliphatic rings. The predicted molar refractivity (Wildman–Crippen MR) is 31.7 cm³/mol. The normalized spacial score (nSPS) is 10.2.